The van der Waals surface area contributed by atoms with E-state index in [-0.39, 0.29) is 5.91 Å². The summed E-state index contributed by atoms with van der Waals surface area (Å²) in [5.74, 6) is -0.112. The van der Waals surface area contributed by atoms with Gasteiger partial charge in [-0.25, -0.2) is 4.98 Å². The summed E-state index contributed by atoms with van der Waals surface area (Å²) in [5, 5.41) is 2.60. The van der Waals surface area contributed by atoms with Crippen LogP contribution in [0.5, 0.6) is 0 Å². The number of amides is 1. The van der Waals surface area contributed by atoms with Gasteiger partial charge in [0.15, 0.2) is 0 Å². The van der Waals surface area contributed by atoms with E-state index in [1.807, 2.05) is 17.7 Å². The Morgan fingerprint density at radius 2 is 1.71 bits per heavy atom. The van der Waals surface area contributed by atoms with Crippen molar-refractivity contribution in [1.82, 2.24) is 10.3 Å². The standard InChI is InChI=1S/C27H24N2OS/c1-3-23(20-7-5-4-6-8-20)27(22-14-15-25-24(17-22)29-18-31-25)21-12-9-19(10-13-21)11-16-26(30)28-2/h4-18H,3H2,1-2H3,(H,28,30)/b16-11+,27-23+. The minimum atomic E-state index is -0.112. The summed E-state index contributed by atoms with van der Waals surface area (Å²) in [6, 6.07) is 25.4. The number of carbonyl (C=O) groups is 1. The van der Waals surface area contributed by atoms with Gasteiger partial charge in [0, 0.05) is 13.1 Å². The minimum absolute atomic E-state index is 0.112. The van der Waals surface area contributed by atoms with Crippen molar-refractivity contribution in [2.24, 2.45) is 0 Å². The molecule has 0 aliphatic heterocycles. The molecular weight excluding hydrogens is 400 g/mol. The van der Waals surface area contributed by atoms with E-state index in [1.54, 1.807) is 24.5 Å². The van der Waals surface area contributed by atoms with Crippen molar-refractivity contribution in [3.63, 3.8) is 0 Å². The van der Waals surface area contributed by atoms with E-state index < -0.39 is 0 Å². The average Bonchev–Trinajstić information content (AvgIpc) is 3.30. The van der Waals surface area contributed by atoms with Crippen LogP contribution in [0.15, 0.2) is 84.4 Å². The zero-order valence-electron chi connectivity index (χ0n) is 17.6. The molecule has 4 heteroatoms. The van der Waals surface area contributed by atoms with E-state index in [0.717, 1.165) is 28.6 Å². The number of likely N-dealkylation sites (N-methyl/N-ethyl adjacent to an activating group) is 1. The molecule has 1 amide bonds. The molecule has 0 bridgehead atoms. The molecule has 0 spiro atoms. The molecule has 4 rings (SSSR count). The van der Waals surface area contributed by atoms with Gasteiger partial charge in [0.2, 0.25) is 5.91 Å². The summed E-state index contributed by atoms with van der Waals surface area (Å²) < 4.78 is 1.19. The van der Waals surface area contributed by atoms with Crippen LogP contribution in [0.25, 0.3) is 27.4 Å². The normalized spacial score (nSPS) is 12.2. The molecule has 0 unspecified atom stereocenters. The third kappa shape index (κ3) is 4.65. The molecule has 0 aliphatic carbocycles. The zero-order valence-corrected chi connectivity index (χ0v) is 18.4. The van der Waals surface area contributed by atoms with Crippen LogP contribution in [-0.2, 0) is 4.79 Å². The Balaban J connectivity index is 1.85. The maximum absolute atomic E-state index is 11.5. The van der Waals surface area contributed by atoms with E-state index in [4.69, 9.17) is 0 Å². The molecule has 1 aromatic heterocycles. The van der Waals surface area contributed by atoms with Gasteiger partial charge in [0.1, 0.15) is 0 Å². The van der Waals surface area contributed by atoms with Crippen LogP contribution in [0.4, 0.5) is 0 Å². The Morgan fingerprint density at radius 1 is 0.968 bits per heavy atom. The summed E-state index contributed by atoms with van der Waals surface area (Å²) in [5.41, 5.74) is 9.94. The van der Waals surface area contributed by atoms with Crippen molar-refractivity contribution in [2.75, 3.05) is 7.05 Å². The van der Waals surface area contributed by atoms with Gasteiger partial charge in [-0.1, -0.05) is 67.6 Å². The molecule has 3 aromatic carbocycles. The van der Waals surface area contributed by atoms with E-state index in [9.17, 15) is 4.79 Å². The first-order valence-corrected chi connectivity index (χ1v) is 11.2. The first-order chi connectivity index (χ1) is 15.2. The van der Waals surface area contributed by atoms with Crippen LogP contribution in [-0.4, -0.2) is 17.9 Å². The van der Waals surface area contributed by atoms with Crippen LogP contribution >= 0.6 is 11.3 Å². The van der Waals surface area contributed by atoms with Crippen LogP contribution in [0.2, 0.25) is 0 Å². The average molecular weight is 425 g/mol. The van der Waals surface area contributed by atoms with Crippen LogP contribution in [0, 0.1) is 0 Å². The zero-order chi connectivity index (χ0) is 21.6. The van der Waals surface area contributed by atoms with Gasteiger partial charge in [0.25, 0.3) is 0 Å². The number of carbonyl (C=O) groups excluding carboxylic acids is 1. The van der Waals surface area contributed by atoms with Gasteiger partial charge in [-0.3, -0.25) is 4.79 Å². The lowest BCUT2D eigenvalue weighted by Gasteiger charge is -2.16. The lowest BCUT2D eigenvalue weighted by molar-refractivity contribution is -0.115. The van der Waals surface area contributed by atoms with E-state index >= 15 is 0 Å². The number of hydrogen-bond acceptors (Lipinski definition) is 3. The lowest BCUT2D eigenvalue weighted by atomic mass is 9.88. The van der Waals surface area contributed by atoms with E-state index in [0.29, 0.717) is 0 Å². The Morgan fingerprint density at radius 3 is 2.42 bits per heavy atom. The molecule has 31 heavy (non-hydrogen) atoms. The Bertz CT molecular complexity index is 1250. The molecule has 1 heterocycles. The highest BCUT2D eigenvalue weighted by molar-refractivity contribution is 7.16. The van der Waals surface area contributed by atoms with Crippen molar-refractivity contribution in [3.8, 4) is 0 Å². The summed E-state index contributed by atoms with van der Waals surface area (Å²) in [6.45, 7) is 2.20. The summed E-state index contributed by atoms with van der Waals surface area (Å²) in [7, 11) is 1.63. The first kappa shape index (κ1) is 20.8. The van der Waals surface area contributed by atoms with E-state index in [1.165, 1.54) is 21.4 Å². The van der Waals surface area contributed by atoms with Gasteiger partial charge in [-0.05, 0) is 58.0 Å². The smallest absolute Gasteiger partial charge is 0.243 e. The molecule has 4 aromatic rings. The number of benzene rings is 3. The maximum atomic E-state index is 11.5. The number of rotatable bonds is 6. The second-order valence-electron chi connectivity index (χ2n) is 7.18. The van der Waals surface area contributed by atoms with Crippen LogP contribution in [0.1, 0.15) is 35.6 Å². The third-order valence-corrected chi connectivity index (χ3v) is 6.08. The van der Waals surface area contributed by atoms with Gasteiger partial charge in [-0.2, -0.15) is 0 Å². The summed E-state index contributed by atoms with van der Waals surface area (Å²) in [6.07, 6.45) is 4.28. The molecule has 154 valence electrons. The maximum Gasteiger partial charge on any atom is 0.243 e. The molecule has 0 fully saturated rings. The Kier molecular flexibility index (Phi) is 6.39. The molecule has 3 nitrogen and oxygen atoms in total. The first-order valence-electron chi connectivity index (χ1n) is 10.3. The van der Waals surface area contributed by atoms with Crippen molar-refractivity contribution in [2.45, 2.75) is 13.3 Å². The molecular formula is C27H24N2OS. The van der Waals surface area contributed by atoms with Gasteiger partial charge in [0.05, 0.1) is 15.7 Å². The van der Waals surface area contributed by atoms with Crippen molar-refractivity contribution in [3.05, 3.63) is 107 Å². The number of aromatic nitrogens is 1. The van der Waals surface area contributed by atoms with Crippen molar-refractivity contribution >= 4 is 44.7 Å². The largest absolute Gasteiger partial charge is 0.356 e. The van der Waals surface area contributed by atoms with Crippen LogP contribution < -0.4 is 5.32 Å². The summed E-state index contributed by atoms with van der Waals surface area (Å²) >= 11 is 1.66. The highest BCUT2D eigenvalue weighted by Crippen LogP contribution is 2.36. The molecule has 0 atom stereocenters. The molecule has 0 saturated heterocycles. The highest BCUT2D eigenvalue weighted by Gasteiger charge is 2.14. The van der Waals surface area contributed by atoms with Gasteiger partial charge < -0.3 is 5.32 Å². The highest BCUT2D eigenvalue weighted by atomic mass is 32.1. The predicted octanol–water partition coefficient (Wildman–Crippen LogP) is 6.42. The fraction of sp³-hybridized carbons (Fsp3) is 0.111. The summed E-state index contributed by atoms with van der Waals surface area (Å²) in [4.78, 5) is 16.0. The quantitative estimate of drug-likeness (QED) is 0.286. The minimum Gasteiger partial charge on any atom is -0.356 e. The molecule has 0 saturated carbocycles. The van der Waals surface area contributed by atoms with E-state index in [2.05, 4.69) is 84.0 Å². The lowest BCUT2D eigenvalue weighted by Crippen LogP contribution is -2.13. The number of nitrogens with one attached hydrogen (secondary N) is 1. The van der Waals surface area contributed by atoms with Gasteiger partial charge >= 0.3 is 0 Å². The SMILES string of the molecule is CC/C(=C(/c1ccc(/C=C/C(=O)NC)cc1)c1ccc2scnc2c1)c1ccccc1. The van der Waals surface area contributed by atoms with Crippen molar-refractivity contribution in [1.29, 1.82) is 0 Å². The number of allylic oxidation sites excluding steroid dienone is 1. The number of nitrogens with zero attached hydrogens (tertiary/aromatic N) is 1. The van der Waals surface area contributed by atoms with Crippen molar-refractivity contribution < 1.29 is 4.79 Å². The fourth-order valence-corrected chi connectivity index (χ4v) is 4.37. The molecule has 0 radical (unpaired) electrons. The molecule has 0 aliphatic rings. The number of hydrogen-bond donors (Lipinski definition) is 1. The second kappa shape index (κ2) is 9.54. The Labute approximate surface area is 186 Å². The second-order valence-corrected chi connectivity index (χ2v) is 8.06. The molecule has 1 N–H and O–H groups in total. The predicted molar refractivity (Wildman–Crippen MR) is 132 cm³/mol. The number of thiazole rings is 1. The number of fused-ring (bicyclic) bond motifs is 1. The fourth-order valence-electron chi connectivity index (χ4n) is 3.71. The van der Waals surface area contributed by atoms with Gasteiger partial charge in [-0.15, -0.1) is 11.3 Å². The Hall–Kier alpha value is -3.50. The topological polar surface area (TPSA) is 42.0 Å². The monoisotopic (exact) mass is 424 g/mol. The third-order valence-electron chi connectivity index (χ3n) is 5.27. The van der Waals surface area contributed by atoms with Crippen LogP contribution in [0.3, 0.4) is 0 Å².